The topological polar surface area (TPSA) is 57.4 Å². The molecule has 0 spiro atoms. The van der Waals surface area contributed by atoms with Gasteiger partial charge in [0.25, 0.3) is 0 Å². The van der Waals surface area contributed by atoms with Crippen LogP contribution in [-0.2, 0) is 11.3 Å². The molecule has 0 bridgehead atoms. The van der Waals surface area contributed by atoms with Gasteiger partial charge in [0.2, 0.25) is 0 Å². The Morgan fingerprint density at radius 1 is 1.55 bits per heavy atom. The second kappa shape index (κ2) is 6.31. The van der Waals surface area contributed by atoms with Crippen LogP contribution in [0.5, 0.6) is 0 Å². The summed E-state index contributed by atoms with van der Waals surface area (Å²) in [5.74, 6) is 0.512. The predicted molar refractivity (Wildman–Crippen MR) is 78.4 cm³/mol. The number of H-pyrrole nitrogens is 1. The number of hydrogen-bond donors (Lipinski definition) is 2. The first-order valence-corrected chi connectivity index (χ1v) is 7.25. The molecule has 1 aliphatic rings. The highest BCUT2D eigenvalue weighted by Gasteiger charge is 2.29. The number of nitrogens with one attached hydrogen (secondary N) is 2. The van der Waals surface area contributed by atoms with Gasteiger partial charge in [0, 0.05) is 38.1 Å². The molecule has 0 aromatic carbocycles. The van der Waals surface area contributed by atoms with Gasteiger partial charge < -0.3 is 19.9 Å². The van der Waals surface area contributed by atoms with Crippen LogP contribution in [0.4, 0.5) is 4.79 Å². The van der Waals surface area contributed by atoms with E-state index in [0.29, 0.717) is 5.92 Å². The van der Waals surface area contributed by atoms with Crippen molar-refractivity contribution in [1.82, 2.24) is 15.2 Å². The summed E-state index contributed by atoms with van der Waals surface area (Å²) in [6.45, 7) is 9.05. The Hall–Kier alpha value is -1.49. The number of likely N-dealkylation sites (tertiary alicyclic amines) is 1. The fraction of sp³-hybridized carbons (Fsp3) is 0.667. The molecule has 5 heteroatoms. The molecule has 1 aromatic heterocycles. The van der Waals surface area contributed by atoms with Crippen molar-refractivity contribution in [2.75, 3.05) is 19.6 Å². The number of amides is 1. The van der Waals surface area contributed by atoms with Crippen molar-refractivity contribution in [3.8, 4) is 0 Å². The fourth-order valence-corrected chi connectivity index (χ4v) is 2.38. The Balaban J connectivity index is 1.68. The van der Waals surface area contributed by atoms with E-state index in [0.717, 1.165) is 32.6 Å². The zero-order valence-electron chi connectivity index (χ0n) is 12.6. The van der Waals surface area contributed by atoms with E-state index in [2.05, 4.69) is 16.4 Å². The van der Waals surface area contributed by atoms with E-state index in [1.807, 2.05) is 37.9 Å². The summed E-state index contributed by atoms with van der Waals surface area (Å²) in [7, 11) is 0. The third-order valence-corrected chi connectivity index (χ3v) is 3.35. The van der Waals surface area contributed by atoms with Gasteiger partial charge in [-0.3, -0.25) is 0 Å². The quantitative estimate of drug-likeness (QED) is 0.889. The Bertz CT molecular complexity index is 423. The number of hydrogen-bond acceptors (Lipinski definition) is 3. The van der Waals surface area contributed by atoms with Gasteiger partial charge in [0.1, 0.15) is 5.60 Å². The van der Waals surface area contributed by atoms with Crippen LogP contribution < -0.4 is 5.32 Å². The molecule has 0 aliphatic carbocycles. The lowest BCUT2D eigenvalue weighted by Crippen LogP contribution is -2.36. The smallest absolute Gasteiger partial charge is 0.410 e. The lowest BCUT2D eigenvalue weighted by molar-refractivity contribution is 0.0288. The number of ether oxygens (including phenoxy) is 1. The molecule has 1 aliphatic heterocycles. The number of aromatic nitrogens is 1. The average molecular weight is 279 g/mol. The van der Waals surface area contributed by atoms with E-state index >= 15 is 0 Å². The number of carbonyl (C=O) groups excluding carboxylic acids is 1. The van der Waals surface area contributed by atoms with Gasteiger partial charge in [-0.1, -0.05) is 0 Å². The number of nitrogens with zero attached hydrogens (tertiary/aromatic N) is 1. The van der Waals surface area contributed by atoms with E-state index in [9.17, 15) is 4.79 Å². The van der Waals surface area contributed by atoms with Gasteiger partial charge in [0.15, 0.2) is 0 Å². The van der Waals surface area contributed by atoms with Gasteiger partial charge >= 0.3 is 6.09 Å². The summed E-state index contributed by atoms with van der Waals surface area (Å²) in [5.41, 5.74) is 0.771. The molecule has 20 heavy (non-hydrogen) atoms. The molecule has 2 rings (SSSR count). The second-order valence-electron chi connectivity index (χ2n) is 6.41. The van der Waals surface area contributed by atoms with Crippen LogP contribution in [0, 0.1) is 5.92 Å². The predicted octanol–water partition coefficient (Wildman–Crippen LogP) is 2.36. The molecule has 1 fully saturated rings. The minimum Gasteiger partial charge on any atom is -0.444 e. The van der Waals surface area contributed by atoms with Crippen molar-refractivity contribution >= 4 is 6.09 Å². The Morgan fingerprint density at radius 3 is 3.00 bits per heavy atom. The lowest BCUT2D eigenvalue weighted by Gasteiger charge is -2.24. The van der Waals surface area contributed by atoms with Crippen LogP contribution in [0.15, 0.2) is 18.3 Å². The highest BCUT2D eigenvalue weighted by molar-refractivity contribution is 5.68. The first kappa shape index (κ1) is 14.9. The monoisotopic (exact) mass is 279 g/mol. The molecule has 1 aromatic rings. The van der Waals surface area contributed by atoms with E-state index in [4.69, 9.17) is 4.74 Å². The van der Waals surface area contributed by atoms with E-state index in [1.54, 1.807) is 0 Å². The van der Waals surface area contributed by atoms with Crippen molar-refractivity contribution in [2.24, 2.45) is 5.92 Å². The highest BCUT2D eigenvalue weighted by Crippen LogP contribution is 2.19. The zero-order chi connectivity index (χ0) is 14.6. The Kier molecular flexibility index (Phi) is 4.70. The summed E-state index contributed by atoms with van der Waals surface area (Å²) >= 11 is 0. The van der Waals surface area contributed by atoms with Gasteiger partial charge in [-0.2, -0.15) is 0 Å². The fourth-order valence-electron chi connectivity index (χ4n) is 2.38. The molecule has 2 heterocycles. The summed E-state index contributed by atoms with van der Waals surface area (Å²) in [5, 5.41) is 3.43. The molecular weight excluding hydrogens is 254 g/mol. The van der Waals surface area contributed by atoms with Crippen LogP contribution in [-0.4, -0.2) is 41.2 Å². The average Bonchev–Trinajstić information content (AvgIpc) is 2.97. The second-order valence-corrected chi connectivity index (χ2v) is 6.41. The maximum Gasteiger partial charge on any atom is 0.410 e. The number of rotatable bonds is 4. The number of carbonyl (C=O) groups is 1. The zero-order valence-corrected chi connectivity index (χ0v) is 12.6. The van der Waals surface area contributed by atoms with E-state index in [-0.39, 0.29) is 6.09 Å². The first-order chi connectivity index (χ1) is 9.44. The molecule has 1 unspecified atom stereocenters. The molecule has 1 amide bonds. The van der Waals surface area contributed by atoms with Crippen LogP contribution in [0.3, 0.4) is 0 Å². The lowest BCUT2D eigenvalue weighted by atomic mass is 10.1. The molecule has 1 saturated heterocycles. The SMILES string of the molecule is CC(C)(C)OC(=O)N1CCC(CNCc2ccc[nH]2)C1. The van der Waals surface area contributed by atoms with Crippen LogP contribution in [0.1, 0.15) is 32.9 Å². The molecule has 0 radical (unpaired) electrons. The first-order valence-electron chi connectivity index (χ1n) is 7.25. The van der Waals surface area contributed by atoms with Gasteiger partial charge in [-0.15, -0.1) is 0 Å². The Morgan fingerprint density at radius 2 is 2.35 bits per heavy atom. The highest BCUT2D eigenvalue weighted by atomic mass is 16.6. The van der Waals surface area contributed by atoms with E-state index in [1.165, 1.54) is 5.69 Å². The number of aromatic amines is 1. The molecule has 1 atom stereocenters. The van der Waals surface area contributed by atoms with E-state index < -0.39 is 5.60 Å². The van der Waals surface area contributed by atoms with Crippen LogP contribution in [0.25, 0.3) is 0 Å². The largest absolute Gasteiger partial charge is 0.444 e. The minimum atomic E-state index is -0.416. The Labute approximate surface area is 120 Å². The molecular formula is C15H25N3O2. The summed E-state index contributed by atoms with van der Waals surface area (Å²) in [4.78, 5) is 16.9. The molecule has 2 N–H and O–H groups in total. The summed E-state index contributed by atoms with van der Waals surface area (Å²) < 4.78 is 5.39. The molecule has 0 saturated carbocycles. The van der Waals surface area contributed by atoms with Crippen molar-refractivity contribution in [3.63, 3.8) is 0 Å². The van der Waals surface area contributed by atoms with Crippen LogP contribution >= 0.6 is 0 Å². The maximum atomic E-state index is 11.9. The molecule has 112 valence electrons. The minimum absolute atomic E-state index is 0.190. The van der Waals surface area contributed by atoms with Crippen molar-refractivity contribution in [3.05, 3.63) is 24.0 Å². The van der Waals surface area contributed by atoms with Gasteiger partial charge in [-0.05, 0) is 45.2 Å². The van der Waals surface area contributed by atoms with Crippen LogP contribution in [0.2, 0.25) is 0 Å². The van der Waals surface area contributed by atoms with Crippen molar-refractivity contribution < 1.29 is 9.53 Å². The third kappa shape index (κ3) is 4.56. The standard InChI is InChI=1S/C15H25N3O2/c1-15(2,3)20-14(19)18-8-6-12(11-18)9-16-10-13-5-4-7-17-13/h4-5,7,12,16-17H,6,8-11H2,1-3H3. The van der Waals surface area contributed by atoms with Gasteiger partial charge in [0.05, 0.1) is 0 Å². The normalized spacial score (nSPS) is 19.4. The maximum absolute atomic E-state index is 11.9. The van der Waals surface area contributed by atoms with Crippen molar-refractivity contribution in [2.45, 2.75) is 39.3 Å². The van der Waals surface area contributed by atoms with Crippen molar-refractivity contribution in [1.29, 1.82) is 0 Å². The van der Waals surface area contributed by atoms with Gasteiger partial charge in [-0.25, -0.2) is 4.79 Å². The summed E-state index contributed by atoms with van der Waals surface area (Å²) in [6.07, 6.45) is 2.78. The third-order valence-electron chi connectivity index (χ3n) is 3.35. The molecule has 5 nitrogen and oxygen atoms in total. The summed E-state index contributed by atoms with van der Waals surface area (Å²) in [6, 6.07) is 4.06.